The van der Waals surface area contributed by atoms with E-state index in [1.807, 2.05) is 55.5 Å². The molecule has 3 heteroatoms. The highest BCUT2D eigenvalue weighted by Crippen LogP contribution is 2.27. The van der Waals surface area contributed by atoms with Crippen LogP contribution < -0.4 is 10.1 Å². The molecule has 0 aromatic heterocycles. The summed E-state index contributed by atoms with van der Waals surface area (Å²) in [5.74, 6) is 1.01. The first-order valence-electron chi connectivity index (χ1n) is 8.27. The molecule has 0 saturated carbocycles. The van der Waals surface area contributed by atoms with Crippen LogP contribution in [0.1, 0.15) is 45.1 Å². The van der Waals surface area contributed by atoms with E-state index in [0.717, 1.165) is 17.7 Å². The molecule has 0 radical (unpaired) electrons. The summed E-state index contributed by atoms with van der Waals surface area (Å²) in [6, 6.07) is 17.4. The fourth-order valence-corrected chi connectivity index (χ4v) is 2.46. The number of benzene rings is 2. The Labute approximate surface area is 138 Å². The third-order valence-corrected chi connectivity index (χ3v) is 4.05. The van der Waals surface area contributed by atoms with Crippen LogP contribution in [0.15, 0.2) is 54.6 Å². The summed E-state index contributed by atoms with van der Waals surface area (Å²) < 4.78 is 5.81. The number of amides is 1. The van der Waals surface area contributed by atoms with Gasteiger partial charge in [0.05, 0.1) is 0 Å². The van der Waals surface area contributed by atoms with Gasteiger partial charge < -0.3 is 10.1 Å². The maximum Gasteiger partial charge on any atom is 0.265 e. The second-order valence-corrected chi connectivity index (χ2v) is 5.71. The number of carbonyl (C=O) groups excluding carboxylic acids is 1. The standard InChI is InChI=1S/C20H25NO2/c1-4-15(3)17-13-9-10-14-18(17)21-20(22)19(5-2)23-16-11-7-6-8-12-16/h6-15,19H,4-5H2,1-3H3,(H,21,22)/t15-,19-/m1/s1. The van der Waals surface area contributed by atoms with Gasteiger partial charge in [-0.05, 0) is 42.5 Å². The Hall–Kier alpha value is -2.29. The lowest BCUT2D eigenvalue weighted by atomic mass is 9.97. The number of ether oxygens (including phenoxy) is 1. The number of nitrogens with one attached hydrogen (secondary N) is 1. The number of hydrogen-bond donors (Lipinski definition) is 1. The summed E-state index contributed by atoms with van der Waals surface area (Å²) in [5.41, 5.74) is 2.04. The van der Waals surface area contributed by atoms with Crippen LogP contribution in [-0.4, -0.2) is 12.0 Å². The minimum Gasteiger partial charge on any atom is -0.481 e. The van der Waals surface area contributed by atoms with Crippen LogP contribution in [0.4, 0.5) is 5.69 Å². The van der Waals surface area contributed by atoms with Crippen molar-refractivity contribution in [3.63, 3.8) is 0 Å². The lowest BCUT2D eigenvalue weighted by Crippen LogP contribution is -2.32. The van der Waals surface area contributed by atoms with Crippen molar-refractivity contribution in [3.8, 4) is 5.75 Å². The monoisotopic (exact) mass is 311 g/mol. The molecule has 0 saturated heterocycles. The Morgan fingerprint density at radius 3 is 2.30 bits per heavy atom. The molecule has 2 atom stereocenters. The molecule has 3 nitrogen and oxygen atoms in total. The molecule has 0 heterocycles. The molecule has 0 fully saturated rings. The van der Waals surface area contributed by atoms with Gasteiger partial charge in [0.2, 0.25) is 0 Å². The van der Waals surface area contributed by atoms with Crippen LogP contribution in [0.2, 0.25) is 0 Å². The second kappa shape index (κ2) is 8.37. The molecule has 0 aliphatic heterocycles. The van der Waals surface area contributed by atoms with E-state index < -0.39 is 6.10 Å². The molecule has 2 rings (SSSR count). The van der Waals surface area contributed by atoms with Gasteiger partial charge >= 0.3 is 0 Å². The van der Waals surface area contributed by atoms with Gasteiger partial charge in [-0.25, -0.2) is 0 Å². The first-order chi connectivity index (χ1) is 11.2. The summed E-state index contributed by atoms with van der Waals surface area (Å²) in [5, 5.41) is 3.03. The largest absolute Gasteiger partial charge is 0.481 e. The van der Waals surface area contributed by atoms with Crippen LogP contribution >= 0.6 is 0 Å². The summed E-state index contributed by atoms with van der Waals surface area (Å²) >= 11 is 0. The smallest absolute Gasteiger partial charge is 0.265 e. The maximum absolute atomic E-state index is 12.6. The van der Waals surface area contributed by atoms with Crippen molar-refractivity contribution in [3.05, 3.63) is 60.2 Å². The van der Waals surface area contributed by atoms with Gasteiger partial charge in [0.25, 0.3) is 5.91 Å². The highest BCUT2D eigenvalue weighted by molar-refractivity contribution is 5.95. The third-order valence-electron chi connectivity index (χ3n) is 4.05. The molecule has 0 spiro atoms. The maximum atomic E-state index is 12.6. The van der Waals surface area contributed by atoms with Crippen LogP contribution in [-0.2, 0) is 4.79 Å². The van der Waals surface area contributed by atoms with E-state index in [0.29, 0.717) is 18.1 Å². The molecule has 0 unspecified atom stereocenters. The molecule has 0 bridgehead atoms. The minimum absolute atomic E-state index is 0.105. The summed E-state index contributed by atoms with van der Waals surface area (Å²) in [7, 11) is 0. The van der Waals surface area contributed by atoms with Gasteiger partial charge in [-0.3, -0.25) is 4.79 Å². The van der Waals surface area contributed by atoms with Crippen LogP contribution in [0.3, 0.4) is 0 Å². The van der Waals surface area contributed by atoms with Crippen molar-refractivity contribution in [1.29, 1.82) is 0 Å². The lowest BCUT2D eigenvalue weighted by molar-refractivity contribution is -0.122. The zero-order valence-electron chi connectivity index (χ0n) is 14.1. The van der Waals surface area contributed by atoms with Crippen molar-refractivity contribution in [2.45, 2.75) is 45.6 Å². The van der Waals surface area contributed by atoms with E-state index in [4.69, 9.17) is 4.74 Å². The third kappa shape index (κ3) is 4.59. The SMILES string of the molecule is CC[C@@H](C)c1ccccc1NC(=O)[C@@H](CC)Oc1ccccc1. The van der Waals surface area contributed by atoms with Gasteiger partial charge in [-0.1, -0.05) is 57.2 Å². The van der Waals surface area contributed by atoms with Gasteiger partial charge in [0.1, 0.15) is 5.75 Å². The fourth-order valence-electron chi connectivity index (χ4n) is 2.46. The minimum atomic E-state index is -0.498. The zero-order valence-corrected chi connectivity index (χ0v) is 14.1. The fraction of sp³-hybridized carbons (Fsp3) is 0.350. The predicted molar refractivity (Wildman–Crippen MR) is 94.9 cm³/mol. The van der Waals surface area contributed by atoms with E-state index in [-0.39, 0.29) is 5.91 Å². The Morgan fingerprint density at radius 2 is 1.65 bits per heavy atom. The van der Waals surface area contributed by atoms with Gasteiger partial charge in [-0.2, -0.15) is 0 Å². The summed E-state index contributed by atoms with van der Waals surface area (Å²) in [6.45, 7) is 6.27. The van der Waals surface area contributed by atoms with Crippen molar-refractivity contribution >= 4 is 11.6 Å². The summed E-state index contributed by atoms with van der Waals surface area (Å²) in [6.07, 6.45) is 1.15. The summed E-state index contributed by atoms with van der Waals surface area (Å²) in [4.78, 5) is 12.6. The Morgan fingerprint density at radius 1 is 1.00 bits per heavy atom. The molecule has 1 N–H and O–H groups in total. The van der Waals surface area contributed by atoms with Gasteiger partial charge in [-0.15, -0.1) is 0 Å². The normalized spacial score (nSPS) is 13.2. The Balaban J connectivity index is 2.11. The predicted octanol–water partition coefficient (Wildman–Crippen LogP) is 5.00. The van der Waals surface area contributed by atoms with Crippen molar-refractivity contribution < 1.29 is 9.53 Å². The van der Waals surface area contributed by atoms with Crippen LogP contribution in [0.5, 0.6) is 5.75 Å². The molecule has 1 amide bonds. The molecule has 122 valence electrons. The van der Waals surface area contributed by atoms with Gasteiger partial charge in [0.15, 0.2) is 6.10 Å². The van der Waals surface area contributed by atoms with Crippen molar-refractivity contribution in [2.24, 2.45) is 0 Å². The Bertz CT molecular complexity index is 625. The van der Waals surface area contributed by atoms with Crippen LogP contribution in [0.25, 0.3) is 0 Å². The molecule has 0 aliphatic carbocycles. The molecular formula is C20H25NO2. The first kappa shape index (κ1) is 17.1. The van der Waals surface area contributed by atoms with E-state index in [1.165, 1.54) is 0 Å². The molecular weight excluding hydrogens is 286 g/mol. The van der Waals surface area contributed by atoms with E-state index in [1.54, 1.807) is 0 Å². The lowest BCUT2D eigenvalue weighted by Gasteiger charge is -2.20. The molecule has 23 heavy (non-hydrogen) atoms. The average Bonchev–Trinajstić information content (AvgIpc) is 2.60. The van der Waals surface area contributed by atoms with E-state index in [2.05, 4.69) is 25.2 Å². The zero-order chi connectivity index (χ0) is 16.7. The molecule has 0 aliphatic rings. The first-order valence-corrected chi connectivity index (χ1v) is 8.27. The molecule has 2 aromatic carbocycles. The number of hydrogen-bond acceptors (Lipinski definition) is 2. The van der Waals surface area contributed by atoms with Crippen LogP contribution in [0, 0.1) is 0 Å². The highest BCUT2D eigenvalue weighted by atomic mass is 16.5. The molecule has 2 aromatic rings. The van der Waals surface area contributed by atoms with Crippen molar-refractivity contribution in [2.75, 3.05) is 5.32 Å². The van der Waals surface area contributed by atoms with Gasteiger partial charge in [0, 0.05) is 5.69 Å². The highest BCUT2D eigenvalue weighted by Gasteiger charge is 2.20. The number of rotatable bonds is 7. The van der Waals surface area contributed by atoms with E-state index in [9.17, 15) is 4.79 Å². The second-order valence-electron chi connectivity index (χ2n) is 5.71. The van der Waals surface area contributed by atoms with E-state index >= 15 is 0 Å². The average molecular weight is 311 g/mol. The van der Waals surface area contributed by atoms with Crippen molar-refractivity contribution in [1.82, 2.24) is 0 Å². The number of anilines is 1. The Kier molecular flexibility index (Phi) is 6.21. The quantitative estimate of drug-likeness (QED) is 0.781. The number of para-hydroxylation sites is 2. The number of carbonyl (C=O) groups is 1. The topological polar surface area (TPSA) is 38.3 Å².